The Morgan fingerprint density at radius 3 is 0.500 bits per heavy atom. The number of carboxylic acids is 15. The number of carboxylic acid groups (broad SMARTS) is 15. The predicted molar refractivity (Wildman–Crippen MR) is 345 cm³/mol. The number of carbonyl (C=O) groups is 17. The van der Waals surface area contributed by atoms with Gasteiger partial charge in [-0.25, -0.2) is 0 Å². The molecular weight excluding hydrogens is 2140 g/mol. The minimum atomic E-state index is -1.54. The van der Waals surface area contributed by atoms with Crippen LogP contribution in [0.1, 0.15) is 6.92 Å². The van der Waals surface area contributed by atoms with E-state index in [1.54, 1.807) is 21.6 Å². The Hall–Kier alpha value is -4.31. The van der Waals surface area contributed by atoms with Gasteiger partial charge in [0.15, 0.2) is 0 Å². The maximum Gasteiger partial charge on any atom is 3.00 e. The van der Waals surface area contributed by atoms with Crippen LogP contribution in [-0.4, -0.2) is 470 Å². The van der Waals surface area contributed by atoms with Crippen LogP contribution in [0, 0.1) is 160 Å². The Balaban J connectivity index is -0.000000344. The molecule has 2 amide bonds. The third kappa shape index (κ3) is 74.7. The van der Waals surface area contributed by atoms with Crippen molar-refractivity contribution in [2.75, 3.05) is 289 Å². The Labute approximate surface area is 796 Å². The zero-order valence-electron chi connectivity index (χ0n) is 64.0. The van der Waals surface area contributed by atoms with Gasteiger partial charge in [0.25, 0.3) is 0 Å². The smallest absolute Gasteiger partial charge is 0.549 e. The van der Waals surface area contributed by atoms with Crippen molar-refractivity contribution in [1.82, 2.24) is 79.2 Å². The van der Waals surface area contributed by atoms with Gasteiger partial charge in [-0.15, -0.1) is 0 Å². The molecule has 0 aromatic rings. The minimum Gasteiger partial charge on any atom is -0.549 e. The second-order valence-electron chi connectivity index (χ2n) is 25.4. The van der Waals surface area contributed by atoms with Gasteiger partial charge in [-0.2, -0.15) is 0 Å². The summed E-state index contributed by atoms with van der Waals surface area (Å²) in [5.74, 6) is -21.6. The zero-order valence-corrected chi connectivity index (χ0v) is 73.0. The molecule has 4 radical (unpaired) electrons. The third-order valence-electron chi connectivity index (χ3n) is 15.9. The van der Waals surface area contributed by atoms with Crippen molar-refractivity contribution in [3.8, 4) is 0 Å². The number of aliphatic hydroxyl groups excluding tert-OH is 1. The Kier molecular flexibility index (Phi) is 76.4. The molecule has 0 aromatic carbocycles. The largest absolute Gasteiger partial charge is 3.00 e. The molecule has 1 atom stereocenters. The van der Waals surface area contributed by atoms with Crippen LogP contribution in [0.15, 0.2) is 0 Å². The number of aliphatic carboxylic acids is 15. The van der Waals surface area contributed by atoms with Crippen molar-refractivity contribution in [1.29, 1.82) is 0 Å². The molecule has 2 heterocycles. The molecule has 0 spiro atoms. The van der Waals surface area contributed by atoms with E-state index < -0.39 is 160 Å². The van der Waals surface area contributed by atoms with E-state index >= 15 is 0 Å². The first-order valence-corrected chi connectivity index (χ1v) is 34.6. The number of carbonyl (C=O) groups excluding carboxylic acids is 17. The molecular formula is C63H97Gd4N16O33-3. The SMILES string of the molecule is CC(O)CN1CCN(CC(=O)[O-])CCN(CC(=O)[O-])CCN(CC(=O)[O-])CC1.CNC(=O)CN(CCN(CCN(CC(=O)[O-])CC(=O)NC)CC(=O)[O-])CC(=O)[O-].O=C([O-])CN(CCN(CC(=O)[O-])CC(=O)[O-])CCN(CC(=O)[O-])CC(=O)[O-].O=C([O-])CN1CCN(CC(=O)[O-])CCN(CC(=O)[O-])CCN(CC(=O)[O-])CC1.[Gd+3].[Gd+3].[Gd+3].[Gd+3]. The monoisotopic (exact) mass is 2240 g/mol. The summed E-state index contributed by atoms with van der Waals surface area (Å²) in [5.41, 5.74) is 0. The molecule has 1 unspecified atom stereocenters. The normalized spacial score (nSPS) is 15.0. The standard InChI is InChI=1S/C17H32N4O7.C16H29N5O8.C16H28N4O8.C14H23N3O10.4Gd/c1-14(22)10-18-2-4-19(11-15(23)24)6-8-21(13-17(27)28)9-7-20(5-3-18)12-16(25)26;1-17-12(22)7-20(10-15(26)27)5-3-19(9-14(24)25)4-6-21(11-16(28)29)8-13(23)18-2;21-13(22)9-17-1-2-18(10-14(23)24)5-6-20(12-16(27)28)8-7-19(4-3-17)11-15(25)26;18-10(19)5-15(1-3-16(6-11(20)21)7-12(22)23)2-4-17(8-13(24)25)9-14(26)27;;;;/h14,22H,2-13H2,1H3,(H,23,24)(H,25,26)(H,27,28);3-11H2,1-2H3,(H,17,22)(H,18,23)(H,24,25)(H,26,27)(H,28,29);1-12H2,(H,21,22)(H,23,24)(H,25,26)(H,27,28);1-9H2,(H,18,19)(H,20,21)(H,22,23)(H,24,25)(H,26,27);;;;/q;;;;4*+3/p-15. The van der Waals surface area contributed by atoms with E-state index in [2.05, 4.69) is 10.6 Å². The number of β-amino-alcohol motifs (C(OH)–C–C–N with tert-alkyl or cyclic N) is 1. The van der Waals surface area contributed by atoms with E-state index in [-0.39, 0.29) is 336 Å². The van der Waals surface area contributed by atoms with Crippen LogP contribution < -0.4 is 87.2 Å². The van der Waals surface area contributed by atoms with Gasteiger partial charge >= 0.3 is 160 Å². The number of nitrogens with zero attached hydrogens (tertiary/aromatic N) is 14. The number of aliphatic hydroxyl groups is 1. The Morgan fingerprint density at radius 2 is 0.371 bits per heavy atom. The van der Waals surface area contributed by atoms with E-state index in [0.29, 0.717) is 45.8 Å². The molecule has 2 rings (SSSR count). The summed E-state index contributed by atoms with van der Waals surface area (Å²) in [4.78, 5) is 206. The second kappa shape index (κ2) is 72.3. The van der Waals surface area contributed by atoms with E-state index in [9.17, 15) is 163 Å². The van der Waals surface area contributed by atoms with Crippen LogP contribution >= 0.6 is 0 Å². The van der Waals surface area contributed by atoms with E-state index in [4.69, 9.17) is 0 Å². The molecule has 0 saturated carbocycles. The summed E-state index contributed by atoms with van der Waals surface area (Å²) >= 11 is 0. The molecule has 0 aliphatic carbocycles. The summed E-state index contributed by atoms with van der Waals surface area (Å²) in [6, 6.07) is 0. The van der Waals surface area contributed by atoms with Gasteiger partial charge in [-0.3, -0.25) is 78.2 Å². The molecule has 0 bridgehead atoms. The number of amides is 2. The van der Waals surface area contributed by atoms with Gasteiger partial charge in [0.2, 0.25) is 11.8 Å². The number of nitrogens with one attached hydrogen (secondary N) is 2. The molecule has 53 heteroatoms. The van der Waals surface area contributed by atoms with Crippen molar-refractivity contribution in [3.63, 3.8) is 0 Å². The van der Waals surface area contributed by atoms with Gasteiger partial charge in [0.05, 0.1) is 109 Å². The number of hydrogen-bond acceptors (Lipinski definition) is 47. The van der Waals surface area contributed by atoms with E-state index in [0.717, 1.165) is 9.80 Å². The van der Waals surface area contributed by atoms with Gasteiger partial charge < -0.3 is 164 Å². The molecule has 3 N–H and O–H groups in total. The molecule has 662 valence electrons. The van der Waals surface area contributed by atoms with Gasteiger partial charge in [0.1, 0.15) is 0 Å². The number of hydrogen-bond donors (Lipinski definition) is 3. The van der Waals surface area contributed by atoms with Crippen molar-refractivity contribution in [3.05, 3.63) is 0 Å². The predicted octanol–water partition coefficient (Wildman–Crippen LogP) is -30.7. The summed E-state index contributed by atoms with van der Waals surface area (Å²) in [6.45, 7) is -1.80. The maximum absolute atomic E-state index is 11.5. The fourth-order valence-corrected chi connectivity index (χ4v) is 10.7. The summed E-state index contributed by atoms with van der Waals surface area (Å²) < 4.78 is 0. The molecule has 116 heavy (non-hydrogen) atoms. The summed E-state index contributed by atoms with van der Waals surface area (Å²) in [7, 11) is 2.78. The van der Waals surface area contributed by atoms with Crippen LogP contribution in [0.3, 0.4) is 0 Å². The van der Waals surface area contributed by atoms with Crippen LogP contribution in [-0.2, 0) is 81.5 Å². The average molecular weight is 2240 g/mol. The van der Waals surface area contributed by atoms with Crippen molar-refractivity contribution < 1.29 is 323 Å². The number of rotatable bonds is 48. The fraction of sp³-hybridized carbons (Fsp3) is 0.730. The van der Waals surface area contributed by atoms with Crippen LogP contribution in [0.5, 0.6) is 0 Å². The quantitative estimate of drug-likeness (QED) is 0.0509. The fourth-order valence-electron chi connectivity index (χ4n) is 10.7. The molecule has 0 aromatic heterocycles. The topological polar surface area (TPSA) is 726 Å². The number of likely N-dealkylation sites (N-methyl/N-ethyl adjacent to an activating group) is 2. The van der Waals surface area contributed by atoms with Crippen molar-refractivity contribution in [2.45, 2.75) is 13.0 Å². The maximum atomic E-state index is 11.5. The molecule has 2 aliphatic rings. The molecule has 49 nitrogen and oxygen atoms in total. The average Bonchev–Trinajstić information content (AvgIpc) is 0.895. The van der Waals surface area contributed by atoms with E-state index in [1.165, 1.54) is 53.3 Å². The first-order valence-electron chi connectivity index (χ1n) is 34.6. The first kappa shape index (κ1) is 123. The Morgan fingerprint density at radius 1 is 0.241 bits per heavy atom. The minimum absolute atomic E-state index is 0. The molecule has 2 fully saturated rings. The summed E-state index contributed by atoms with van der Waals surface area (Å²) in [5, 5.41) is 177. The van der Waals surface area contributed by atoms with Gasteiger partial charge in [-0.05, 0) is 6.92 Å². The van der Waals surface area contributed by atoms with Crippen molar-refractivity contribution in [2.24, 2.45) is 0 Å². The summed E-state index contributed by atoms with van der Waals surface area (Å²) in [6.07, 6.45) is -0.587. The van der Waals surface area contributed by atoms with Gasteiger partial charge in [0, 0.05) is 276 Å². The molecule has 2 saturated heterocycles. The third-order valence-corrected chi connectivity index (χ3v) is 15.9. The zero-order chi connectivity index (χ0) is 85.6. The van der Waals surface area contributed by atoms with Crippen LogP contribution in [0.4, 0.5) is 0 Å². The van der Waals surface area contributed by atoms with Crippen LogP contribution in [0.2, 0.25) is 0 Å². The van der Waals surface area contributed by atoms with E-state index in [1.807, 2.05) is 4.90 Å². The van der Waals surface area contributed by atoms with Gasteiger partial charge in [-0.1, -0.05) is 0 Å². The molecule has 2 aliphatic heterocycles. The first-order chi connectivity index (χ1) is 52.4. The second-order valence-corrected chi connectivity index (χ2v) is 25.4. The van der Waals surface area contributed by atoms with Crippen molar-refractivity contribution >= 4 is 101 Å². The van der Waals surface area contributed by atoms with Crippen LogP contribution in [0.25, 0.3) is 0 Å². The Bertz CT molecular complexity index is 2750.